The number of rotatable bonds is 13. The largest absolute Gasteiger partial charge is 0.497 e. The first-order valence-corrected chi connectivity index (χ1v) is 12.9. The number of amides is 2. The zero-order valence-corrected chi connectivity index (χ0v) is 22.9. The Morgan fingerprint density at radius 2 is 1.65 bits per heavy atom. The Labute approximate surface area is 220 Å². The second kappa shape index (κ2) is 13.3. The molecule has 3 rings (SSSR count). The summed E-state index contributed by atoms with van der Waals surface area (Å²) in [5, 5.41) is 1.17. The summed E-state index contributed by atoms with van der Waals surface area (Å²) >= 11 is 0. The lowest BCUT2D eigenvalue weighted by molar-refractivity contribution is -0.142. The van der Waals surface area contributed by atoms with Gasteiger partial charge >= 0.3 is 0 Å². The van der Waals surface area contributed by atoms with Crippen LogP contribution >= 0.6 is 0 Å². The molecule has 0 aliphatic heterocycles. The first kappa shape index (κ1) is 28.3. The van der Waals surface area contributed by atoms with Gasteiger partial charge < -0.3 is 24.3 Å². The van der Waals surface area contributed by atoms with E-state index in [2.05, 4.69) is 17.1 Å². The maximum absolute atomic E-state index is 13.7. The summed E-state index contributed by atoms with van der Waals surface area (Å²) in [6.45, 7) is 8.22. The first-order valence-electron chi connectivity index (χ1n) is 12.9. The zero-order valence-electron chi connectivity index (χ0n) is 22.9. The van der Waals surface area contributed by atoms with Gasteiger partial charge in [-0.15, -0.1) is 0 Å². The molecule has 7 nitrogen and oxygen atoms in total. The second-order valence-corrected chi connectivity index (χ2v) is 10.7. The minimum atomic E-state index is -0.155. The van der Waals surface area contributed by atoms with E-state index in [1.807, 2.05) is 68.3 Å². The van der Waals surface area contributed by atoms with Crippen molar-refractivity contribution in [2.24, 2.45) is 5.41 Å². The van der Waals surface area contributed by atoms with E-state index in [-0.39, 0.29) is 23.8 Å². The normalized spacial score (nSPS) is 11.5. The summed E-state index contributed by atoms with van der Waals surface area (Å²) in [6, 6.07) is 16.0. The molecule has 3 aromatic rings. The van der Waals surface area contributed by atoms with E-state index < -0.39 is 0 Å². The van der Waals surface area contributed by atoms with E-state index in [4.69, 9.17) is 9.47 Å². The van der Waals surface area contributed by atoms with Crippen molar-refractivity contribution in [2.45, 2.75) is 46.6 Å². The number of benzene rings is 2. The number of fused-ring (bicyclic) bond motifs is 1. The molecule has 0 saturated carbocycles. The van der Waals surface area contributed by atoms with Crippen molar-refractivity contribution in [3.05, 3.63) is 65.9 Å². The van der Waals surface area contributed by atoms with Crippen LogP contribution in [0.25, 0.3) is 10.9 Å². The molecule has 0 saturated heterocycles. The molecule has 2 aromatic carbocycles. The van der Waals surface area contributed by atoms with Crippen LogP contribution in [0.4, 0.5) is 0 Å². The van der Waals surface area contributed by atoms with Crippen LogP contribution in [-0.2, 0) is 27.3 Å². The third-order valence-electron chi connectivity index (χ3n) is 6.35. The van der Waals surface area contributed by atoms with Crippen LogP contribution in [0.5, 0.6) is 5.75 Å². The molecular formula is C30H41N3O4. The van der Waals surface area contributed by atoms with Gasteiger partial charge in [0.15, 0.2) is 0 Å². The highest BCUT2D eigenvalue weighted by Gasteiger charge is 2.25. The molecule has 200 valence electrons. The second-order valence-electron chi connectivity index (χ2n) is 10.7. The number of ether oxygens (including phenoxy) is 2. The van der Waals surface area contributed by atoms with Crippen molar-refractivity contribution >= 4 is 22.7 Å². The van der Waals surface area contributed by atoms with Crippen LogP contribution < -0.4 is 4.74 Å². The van der Waals surface area contributed by atoms with Crippen LogP contribution in [-0.4, -0.2) is 67.1 Å². The van der Waals surface area contributed by atoms with E-state index in [1.54, 1.807) is 19.1 Å². The average Bonchev–Trinajstić information content (AvgIpc) is 3.28. The number of methoxy groups -OCH3 is 2. The minimum absolute atomic E-state index is 0.00187. The summed E-state index contributed by atoms with van der Waals surface area (Å²) in [5.74, 6) is 0.714. The van der Waals surface area contributed by atoms with E-state index in [0.29, 0.717) is 45.5 Å². The maximum Gasteiger partial charge on any atom is 0.242 e. The molecule has 0 bridgehead atoms. The lowest BCUT2D eigenvalue weighted by Crippen LogP contribution is -2.44. The number of aromatic nitrogens is 1. The highest BCUT2D eigenvalue weighted by Crippen LogP contribution is 2.21. The summed E-state index contributed by atoms with van der Waals surface area (Å²) in [4.78, 5) is 33.7. The lowest BCUT2D eigenvalue weighted by atomic mass is 9.91. The summed E-state index contributed by atoms with van der Waals surface area (Å²) in [5.41, 5.74) is 3.11. The summed E-state index contributed by atoms with van der Waals surface area (Å²) in [7, 11) is 3.28. The molecule has 0 atom stereocenters. The molecule has 2 amide bonds. The average molecular weight is 508 g/mol. The number of hydrogen-bond donors (Lipinski definition) is 1. The molecule has 0 unspecified atom stereocenters. The third kappa shape index (κ3) is 8.64. The van der Waals surface area contributed by atoms with Crippen molar-refractivity contribution in [2.75, 3.05) is 40.5 Å². The Morgan fingerprint density at radius 1 is 0.919 bits per heavy atom. The predicted octanol–water partition coefficient (Wildman–Crippen LogP) is 5.05. The Bertz CT molecular complexity index is 1150. The van der Waals surface area contributed by atoms with Crippen LogP contribution in [0.1, 0.15) is 44.7 Å². The Balaban J connectivity index is 1.78. The van der Waals surface area contributed by atoms with E-state index in [1.165, 1.54) is 10.9 Å². The Hall–Kier alpha value is -3.32. The molecule has 1 heterocycles. The smallest absolute Gasteiger partial charge is 0.242 e. The maximum atomic E-state index is 13.7. The van der Waals surface area contributed by atoms with Gasteiger partial charge in [0.1, 0.15) is 5.75 Å². The van der Waals surface area contributed by atoms with Gasteiger partial charge in [-0.3, -0.25) is 9.59 Å². The van der Waals surface area contributed by atoms with Gasteiger partial charge in [0, 0.05) is 56.9 Å². The number of aromatic amines is 1. The van der Waals surface area contributed by atoms with Crippen molar-refractivity contribution < 1.29 is 19.1 Å². The summed E-state index contributed by atoms with van der Waals surface area (Å²) in [6.07, 6.45) is 3.81. The highest BCUT2D eigenvalue weighted by atomic mass is 16.5. The lowest BCUT2D eigenvalue weighted by Gasteiger charge is -2.30. The van der Waals surface area contributed by atoms with E-state index in [9.17, 15) is 9.59 Å². The van der Waals surface area contributed by atoms with E-state index in [0.717, 1.165) is 16.8 Å². The van der Waals surface area contributed by atoms with Crippen LogP contribution in [0.3, 0.4) is 0 Å². The zero-order chi connectivity index (χ0) is 26.8. The Kier molecular flexibility index (Phi) is 10.1. The summed E-state index contributed by atoms with van der Waals surface area (Å²) < 4.78 is 10.5. The fraction of sp³-hybridized carbons (Fsp3) is 0.467. The highest BCUT2D eigenvalue weighted by molar-refractivity contribution is 5.85. The standard InChI is InChI=1S/C30H41N3O4/c1-30(2,3)19-28(34)32(16-8-18-36-4)22-29(35)33(21-23-11-13-25(37-5)14-12-23)17-15-24-20-31-27-10-7-6-9-26(24)27/h6-7,9-14,20,31H,8,15-19,21-22H2,1-5H3. The molecule has 1 N–H and O–H groups in total. The topological polar surface area (TPSA) is 74.9 Å². The quantitative estimate of drug-likeness (QED) is 0.329. The molecule has 0 spiro atoms. The van der Waals surface area contributed by atoms with Gasteiger partial charge in [-0.2, -0.15) is 0 Å². The minimum Gasteiger partial charge on any atom is -0.497 e. The molecule has 0 radical (unpaired) electrons. The number of carbonyl (C=O) groups excluding carboxylic acids is 2. The van der Waals surface area contributed by atoms with E-state index >= 15 is 0 Å². The van der Waals surface area contributed by atoms with Crippen LogP contribution in [0, 0.1) is 5.41 Å². The van der Waals surface area contributed by atoms with Gasteiger partial charge in [0.05, 0.1) is 13.7 Å². The Morgan fingerprint density at radius 3 is 2.32 bits per heavy atom. The fourth-order valence-electron chi connectivity index (χ4n) is 4.36. The number of hydrogen-bond acceptors (Lipinski definition) is 4. The molecular weight excluding hydrogens is 466 g/mol. The predicted molar refractivity (Wildman–Crippen MR) is 148 cm³/mol. The number of para-hydroxylation sites is 1. The van der Waals surface area contributed by atoms with Crippen molar-refractivity contribution in [3.63, 3.8) is 0 Å². The molecule has 0 aliphatic carbocycles. The number of nitrogens with zero attached hydrogens (tertiary/aromatic N) is 2. The van der Waals surface area contributed by atoms with Crippen molar-refractivity contribution in [1.82, 2.24) is 14.8 Å². The van der Waals surface area contributed by atoms with Crippen LogP contribution in [0.15, 0.2) is 54.7 Å². The molecule has 0 fully saturated rings. The SMILES string of the molecule is COCCCN(CC(=O)N(CCc1c[nH]c2ccccc12)Cc1ccc(OC)cc1)C(=O)CC(C)(C)C. The van der Waals surface area contributed by atoms with Gasteiger partial charge in [-0.1, -0.05) is 51.1 Å². The molecule has 1 aromatic heterocycles. The van der Waals surface area contributed by atoms with Gasteiger partial charge in [-0.25, -0.2) is 0 Å². The first-order chi connectivity index (χ1) is 17.7. The molecule has 0 aliphatic rings. The number of nitrogens with one attached hydrogen (secondary N) is 1. The van der Waals surface area contributed by atoms with Gasteiger partial charge in [0.25, 0.3) is 0 Å². The fourth-order valence-corrected chi connectivity index (χ4v) is 4.36. The molecule has 7 heteroatoms. The van der Waals surface area contributed by atoms with Crippen LogP contribution in [0.2, 0.25) is 0 Å². The van der Waals surface area contributed by atoms with Crippen molar-refractivity contribution in [3.8, 4) is 5.75 Å². The third-order valence-corrected chi connectivity index (χ3v) is 6.35. The molecule has 37 heavy (non-hydrogen) atoms. The monoisotopic (exact) mass is 507 g/mol. The number of H-pyrrole nitrogens is 1. The van der Waals surface area contributed by atoms with Crippen molar-refractivity contribution in [1.29, 1.82) is 0 Å². The van der Waals surface area contributed by atoms with Gasteiger partial charge in [-0.05, 0) is 47.6 Å². The number of carbonyl (C=O) groups is 2. The van der Waals surface area contributed by atoms with Gasteiger partial charge in [0.2, 0.25) is 11.8 Å².